The molecule has 2 aromatic rings. The number of benzene rings is 1. The van der Waals surface area contributed by atoms with Crippen LogP contribution in [0.2, 0.25) is 4.34 Å². The summed E-state index contributed by atoms with van der Waals surface area (Å²) in [7, 11) is 0. The second-order valence-corrected chi connectivity index (χ2v) is 7.62. The van der Waals surface area contributed by atoms with Crippen LogP contribution in [0.5, 0.6) is 0 Å². The summed E-state index contributed by atoms with van der Waals surface area (Å²) >= 11 is 11.5. The minimum atomic E-state index is 0.381. The lowest BCUT2D eigenvalue weighted by Crippen LogP contribution is -2.15. The molecule has 0 fully saturated rings. The largest absolute Gasteiger partial charge is 0.377 e. The van der Waals surface area contributed by atoms with Crippen LogP contribution in [0.4, 0.5) is 5.69 Å². The van der Waals surface area contributed by atoms with Crippen LogP contribution < -0.4 is 5.32 Å². The predicted molar refractivity (Wildman–Crippen MR) is 87.5 cm³/mol. The number of anilines is 1. The van der Waals surface area contributed by atoms with E-state index in [4.69, 9.17) is 11.6 Å². The Morgan fingerprint density at radius 2 is 2.21 bits per heavy atom. The van der Waals surface area contributed by atoms with Crippen molar-refractivity contribution in [1.82, 2.24) is 0 Å². The fraction of sp³-hybridized carbons (Fsp3) is 0.333. The van der Waals surface area contributed by atoms with Crippen LogP contribution in [0.15, 0.2) is 28.7 Å². The Labute approximate surface area is 131 Å². The molecule has 3 rings (SSSR count). The van der Waals surface area contributed by atoms with Crippen molar-refractivity contribution >= 4 is 44.6 Å². The molecule has 1 aliphatic carbocycles. The first-order chi connectivity index (χ1) is 9.13. The number of aryl methyl sites for hydroxylation is 2. The molecule has 1 aromatic heterocycles. The number of rotatable bonds is 2. The highest BCUT2D eigenvalue weighted by molar-refractivity contribution is 9.10. The van der Waals surface area contributed by atoms with Gasteiger partial charge in [0.2, 0.25) is 0 Å². The van der Waals surface area contributed by atoms with Crippen LogP contribution >= 0.6 is 38.9 Å². The molecule has 0 saturated heterocycles. The molecule has 0 saturated carbocycles. The molecule has 0 aliphatic heterocycles. The number of thiophene rings is 1. The zero-order valence-corrected chi connectivity index (χ0v) is 13.8. The Bertz CT molecular complexity index is 608. The quantitative estimate of drug-likeness (QED) is 0.699. The van der Waals surface area contributed by atoms with Crippen molar-refractivity contribution < 1.29 is 0 Å². The summed E-state index contributed by atoms with van der Waals surface area (Å²) < 4.78 is 2.03. The third kappa shape index (κ3) is 2.83. The first-order valence-electron chi connectivity index (χ1n) is 6.44. The highest BCUT2D eigenvalue weighted by Crippen LogP contribution is 2.40. The summed E-state index contributed by atoms with van der Waals surface area (Å²) in [5.74, 6) is 0. The maximum Gasteiger partial charge on any atom is 0.0934 e. The zero-order chi connectivity index (χ0) is 13.4. The van der Waals surface area contributed by atoms with Gasteiger partial charge in [-0.25, -0.2) is 0 Å². The second kappa shape index (κ2) is 5.47. The topological polar surface area (TPSA) is 12.0 Å². The third-order valence-electron chi connectivity index (χ3n) is 3.54. The lowest BCUT2D eigenvalue weighted by Gasteiger charge is -2.25. The Balaban J connectivity index is 1.88. The van der Waals surface area contributed by atoms with Crippen LogP contribution in [0, 0.1) is 6.92 Å². The van der Waals surface area contributed by atoms with Gasteiger partial charge in [0.15, 0.2) is 0 Å². The van der Waals surface area contributed by atoms with Crippen molar-refractivity contribution in [3.8, 4) is 0 Å². The number of halogens is 2. The number of hydrogen-bond donors (Lipinski definition) is 1. The van der Waals surface area contributed by atoms with Crippen molar-refractivity contribution in [3.05, 3.63) is 49.1 Å². The van der Waals surface area contributed by atoms with Crippen molar-refractivity contribution in [1.29, 1.82) is 0 Å². The second-order valence-electron chi connectivity index (χ2n) is 5.00. The van der Waals surface area contributed by atoms with Gasteiger partial charge in [0.1, 0.15) is 0 Å². The Hall–Kier alpha value is -0.510. The highest BCUT2D eigenvalue weighted by Gasteiger charge is 2.23. The average Bonchev–Trinajstić information content (AvgIpc) is 2.74. The fourth-order valence-corrected chi connectivity index (χ4v) is 4.59. The molecule has 0 bridgehead atoms. The molecular formula is C15H15BrClNS. The van der Waals surface area contributed by atoms with E-state index in [0.29, 0.717) is 6.04 Å². The highest BCUT2D eigenvalue weighted by atomic mass is 79.9. The van der Waals surface area contributed by atoms with Gasteiger partial charge in [-0.1, -0.05) is 17.7 Å². The van der Waals surface area contributed by atoms with Gasteiger partial charge in [-0.3, -0.25) is 0 Å². The van der Waals surface area contributed by atoms with Crippen LogP contribution in [-0.4, -0.2) is 0 Å². The van der Waals surface area contributed by atoms with Gasteiger partial charge in [0.25, 0.3) is 0 Å². The molecule has 1 aliphatic rings. The lowest BCUT2D eigenvalue weighted by atomic mass is 9.94. The lowest BCUT2D eigenvalue weighted by molar-refractivity contribution is 0.608. The first kappa shape index (κ1) is 13.5. The maximum atomic E-state index is 6.15. The average molecular weight is 357 g/mol. The van der Waals surface area contributed by atoms with Gasteiger partial charge in [-0.2, -0.15) is 0 Å². The number of fused-ring (bicyclic) bond motifs is 1. The van der Waals surface area contributed by atoms with E-state index in [2.05, 4.69) is 52.4 Å². The molecule has 1 N–H and O–H groups in total. The molecule has 4 heteroatoms. The normalized spacial score (nSPS) is 18.2. The maximum absolute atomic E-state index is 6.15. The molecule has 1 unspecified atom stereocenters. The van der Waals surface area contributed by atoms with E-state index in [-0.39, 0.29) is 0 Å². The summed E-state index contributed by atoms with van der Waals surface area (Å²) in [5, 5.41) is 3.65. The van der Waals surface area contributed by atoms with Crippen molar-refractivity contribution in [2.75, 3.05) is 5.32 Å². The predicted octanol–water partition coefficient (Wildman–Crippen LogP) is 5.96. The Kier molecular flexibility index (Phi) is 3.88. The molecular weight excluding hydrogens is 342 g/mol. The van der Waals surface area contributed by atoms with Crippen LogP contribution in [0.25, 0.3) is 0 Å². The molecule has 1 aromatic carbocycles. The molecule has 0 radical (unpaired) electrons. The molecule has 1 heterocycles. The van der Waals surface area contributed by atoms with Crippen LogP contribution in [-0.2, 0) is 6.42 Å². The monoisotopic (exact) mass is 355 g/mol. The summed E-state index contributed by atoms with van der Waals surface area (Å²) in [6.07, 6.45) is 3.56. The standard InChI is InChI=1S/C15H15BrClNS/c1-9-5-6-13(11(16)7-9)18-12-3-2-4-14-10(12)8-15(17)19-14/h5-8,12,18H,2-4H2,1H3. The summed E-state index contributed by atoms with van der Waals surface area (Å²) in [4.78, 5) is 1.44. The van der Waals surface area contributed by atoms with E-state index in [1.165, 1.54) is 35.3 Å². The van der Waals surface area contributed by atoms with E-state index < -0.39 is 0 Å². The number of hydrogen-bond acceptors (Lipinski definition) is 2. The van der Waals surface area contributed by atoms with E-state index >= 15 is 0 Å². The third-order valence-corrected chi connectivity index (χ3v) is 5.53. The molecule has 0 spiro atoms. The van der Waals surface area contributed by atoms with Crippen molar-refractivity contribution in [3.63, 3.8) is 0 Å². The molecule has 1 atom stereocenters. The van der Waals surface area contributed by atoms with Gasteiger partial charge >= 0.3 is 0 Å². The summed E-state index contributed by atoms with van der Waals surface area (Å²) in [6.45, 7) is 2.10. The van der Waals surface area contributed by atoms with Gasteiger partial charge < -0.3 is 5.32 Å². The molecule has 19 heavy (non-hydrogen) atoms. The zero-order valence-electron chi connectivity index (χ0n) is 10.7. The molecule has 0 amide bonds. The van der Waals surface area contributed by atoms with Gasteiger partial charge in [0, 0.05) is 15.0 Å². The SMILES string of the molecule is Cc1ccc(NC2CCCc3sc(Cl)cc32)c(Br)c1. The minimum absolute atomic E-state index is 0.381. The van der Waals surface area contributed by atoms with E-state index in [1.54, 1.807) is 11.3 Å². The number of nitrogens with one attached hydrogen (secondary N) is 1. The van der Waals surface area contributed by atoms with Crippen molar-refractivity contribution in [2.45, 2.75) is 32.2 Å². The molecule has 1 nitrogen and oxygen atoms in total. The minimum Gasteiger partial charge on any atom is -0.377 e. The smallest absolute Gasteiger partial charge is 0.0934 e. The van der Waals surface area contributed by atoms with Crippen LogP contribution in [0.3, 0.4) is 0 Å². The van der Waals surface area contributed by atoms with Crippen molar-refractivity contribution in [2.24, 2.45) is 0 Å². The van der Waals surface area contributed by atoms with Gasteiger partial charge in [0.05, 0.1) is 10.4 Å². The molecule has 100 valence electrons. The van der Waals surface area contributed by atoms with E-state index in [0.717, 1.165) is 14.5 Å². The van der Waals surface area contributed by atoms with Crippen LogP contribution in [0.1, 0.15) is 34.9 Å². The summed E-state index contributed by atoms with van der Waals surface area (Å²) in [5.41, 5.74) is 3.81. The van der Waals surface area contributed by atoms with E-state index in [9.17, 15) is 0 Å². The fourth-order valence-electron chi connectivity index (χ4n) is 2.60. The Morgan fingerprint density at radius 1 is 1.37 bits per heavy atom. The van der Waals surface area contributed by atoms with E-state index in [1.807, 2.05) is 0 Å². The first-order valence-corrected chi connectivity index (χ1v) is 8.43. The Morgan fingerprint density at radius 3 is 3.00 bits per heavy atom. The summed E-state index contributed by atoms with van der Waals surface area (Å²) in [6, 6.07) is 8.93. The van der Waals surface area contributed by atoms with Gasteiger partial charge in [-0.15, -0.1) is 11.3 Å². The van der Waals surface area contributed by atoms with Gasteiger partial charge in [-0.05, 0) is 71.4 Å².